The molecular formula is C16H20N4O4. The molecule has 0 saturated carbocycles. The number of fused-ring (bicyclic) bond motifs is 1. The van der Waals surface area contributed by atoms with Gasteiger partial charge in [0.25, 0.3) is 5.56 Å². The monoisotopic (exact) mass is 332 g/mol. The number of aryl methyl sites for hydroxylation is 1. The van der Waals surface area contributed by atoms with E-state index in [0.717, 1.165) is 0 Å². The molecule has 24 heavy (non-hydrogen) atoms. The van der Waals surface area contributed by atoms with Crippen LogP contribution in [0.4, 0.5) is 0 Å². The van der Waals surface area contributed by atoms with Crippen molar-refractivity contribution in [3.8, 4) is 0 Å². The Kier molecular flexibility index (Phi) is 3.65. The van der Waals surface area contributed by atoms with Gasteiger partial charge < -0.3 is 14.4 Å². The molecule has 0 N–H and O–H groups in total. The molecule has 2 aromatic rings. The fourth-order valence-corrected chi connectivity index (χ4v) is 3.46. The highest BCUT2D eigenvalue weighted by Gasteiger charge is 2.40. The van der Waals surface area contributed by atoms with E-state index in [1.807, 2.05) is 6.92 Å². The van der Waals surface area contributed by atoms with E-state index < -0.39 is 5.79 Å². The number of aromatic nitrogens is 3. The molecule has 2 aliphatic heterocycles. The lowest BCUT2D eigenvalue weighted by atomic mass is 10.0. The quantitative estimate of drug-likeness (QED) is 0.783. The smallest absolute Gasteiger partial charge is 0.291 e. The summed E-state index contributed by atoms with van der Waals surface area (Å²) in [4.78, 5) is 26.7. The third kappa shape index (κ3) is 2.51. The number of amides is 1. The summed E-state index contributed by atoms with van der Waals surface area (Å²) in [6, 6.07) is 3.53. The predicted molar refractivity (Wildman–Crippen MR) is 84.6 cm³/mol. The summed E-state index contributed by atoms with van der Waals surface area (Å²) in [5, 5.41) is 4.25. The van der Waals surface area contributed by atoms with Gasteiger partial charge in [-0.15, -0.1) is 0 Å². The zero-order valence-corrected chi connectivity index (χ0v) is 13.6. The van der Waals surface area contributed by atoms with E-state index in [4.69, 9.17) is 9.47 Å². The van der Waals surface area contributed by atoms with Gasteiger partial charge in [-0.3, -0.25) is 14.0 Å². The van der Waals surface area contributed by atoms with E-state index >= 15 is 0 Å². The second-order valence-corrected chi connectivity index (χ2v) is 6.26. The van der Waals surface area contributed by atoms with Gasteiger partial charge in [0.15, 0.2) is 5.79 Å². The summed E-state index contributed by atoms with van der Waals surface area (Å²) in [5.74, 6) is 0.0633. The Morgan fingerprint density at radius 3 is 2.71 bits per heavy atom. The third-order valence-corrected chi connectivity index (χ3v) is 4.79. The second-order valence-electron chi connectivity index (χ2n) is 6.26. The molecule has 128 valence electrons. The van der Waals surface area contributed by atoms with E-state index in [1.165, 1.54) is 4.68 Å². The summed E-state index contributed by atoms with van der Waals surface area (Å²) < 4.78 is 14.3. The minimum Gasteiger partial charge on any atom is -0.347 e. The maximum atomic E-state index is 12.5. The van der Waals surface area contributed by atoms with Gasteiger partial charge >= 0.3 is 0 Å². The van der Waals surface area contributed by atoms with Crippen LogP contribution in [0.1, 0.15) is 18.7 Å². The third-order valence-electron chi connectivity index (χ3n) is 4.79. The first-order chi connectivity index (χ1) is 11.6. The molecule has 2 saturated heterocycles. The van der Waals surface area contributed by atoms with Crippen molar-refractivity contribution in [1.29, 1.82) is 0 Å². The van der Waals surface area contributed by atoms with Gasteiger partial charge in [0.2, 0.25) is 5.91 Å². The normalized spacial score (nSPS) is 20.1. The minimum absolute atomic E-state index is 0.0456. The summed E-state index contributed by atoms with van der Waals surface area (Å²) in [7, 11) is 0. The Morgan fingerprint density at radius 2 is 2.00 bits per heavy atom. The molecular weight excluding hydrogens is 312 g/mol. The van der Waals surface area contributed by atoms with Crippen molar-refractivity contribution < 1.29 is 14.3 Å². The van der Waals surface area contributed by atoms with Crippen LogP contribution < -0.4 is 5.56 Å². The maximum Gasteiger partial charge on any atom is 0.291 e. The average Bonchev–Trinajstić information content (AvgIpc) is 3.23. The lowest BCUT2D eigenvalue weighted by Crippen LogP contribution is -2.48. The Balaban J connectivity index is 1.49. The van der Waals surface area contributed by atoms with Crippen LogP contribution in [0.3, 0.4) is 0 Å². The molecule has 0 atom stereocenters. The van der Waals surface area contributed by atoms with Crippen LogP contribution in [0.2, 0.25) is 0 Å². The first-order valence-corrected chi connectivity index (χ1v) is 8.18. The van der Waals surface area contributed by atoms with E-state index in [9.17, 15) is 9.59 Å². The molecule has 1 amide bonds. The van der Waals surface area contributed by atoms with Gasteiger partial charge in [-0.2, -0.15) is 5.10 Å². The van der Waals surface area contributed by atoms with Gasteiger partial charge in [-0.1, -0.05) is 0 Å². The summed E-state index contributed by atoms with van der Waals surface area (Å²) >= 11 is 0. The SMILES string of the molecule is Cc1nn(CC(=O)N2CCC3(CC2)OCCO3)c(=O)c2cccn12. The number of carbonyl (C=O) groups excluding carboxylic acids is 1. The molecule has 8 heteroatoms. The lowest BCUT2D eigenvalue weighted by molar-refractivity contribution is -0.187. The van der Waals surface area contributed by atoms with E-state index in [0.29, 0.717) is 50.5 Å². The zero-order chi connectivity index (χ0) is 16.7. The van der Waals surface area contributed by atoms with Crippen molar-refractivity contribution in [3.63, 3.8) is 0 Å². The average molecular weight is 332 g/mol. The fourth-order valence-electron chi connectivity index (χ4n) is 3.46. The first-order valence-electron chi connectivity index (χ1n) is 8.18. The number of carbonyl (C=O) groups is 1. The Bertz CT molecular complexity index is 824. The Hall–Kier alpha value is -2.19. The van der Waals surface area contributed by atoms with Crippen LogP contribution >= 0.6 is 0 Å². The molecule has 2 aliphatic rings. The van der Waals surface area contributed by atoms with Crippen molar-refractivity contribution >= 4 is 11.4 Å². The molecule has 0 unspecified atom stereocenters. The molecule has 2 aromatic heterocycles. The number of rotatable bonds is 2. The van der Waals surface area contributed by atoms with Crippen molar-refractivity contribution in [2.75, 3.05) is 26.3 Å². The number of ether oxygens (including phenoxy) is 2. The topological polar surface area (TPSA) is 78.1 Å². The largest absolute Gasteiger partial charge is 0.347 e. The Labute approximate surface area is 138 Å². The zero-order valence-electron chi connectivity index (χ0n) is 13.6. The molecule has 0 bridgehead atoms. The van der Waals surface area contributed by atoms with E-state index in [2.05, 4.69) is 5.10 Å². The van der Waals surface area contributed by atoms with Crippen LogP contribution in [0, 0.1) is 6.92 Å². The summed E-state index contributed by atoms with van der Waals surface area (Å²) in [6.45, 7) is 4.14. The second kappa shape index (κ2) is 5.71. The molecule has 2 fully saturated rings. The van der Waals surface area contributed by atoms with Gasteiger partial charge in [0.05, 0.1) is 13.2 Å². The summed E-state index contributed by atoms with van der Waals surface area (Å²) in [5.41, 5.74) is 0.274. The van der Waals surface area contributed by atoms with Crippen molar-refractivity contribution in [2.45, 2.75) is 32.1 Å². The van der Waals surface area contributed by atoms with Gasteiger partial charge in [-0.05, 0) is 19.1 Å². The van der Waals surface area contributed by atoms with Crippen LogP contribution in [0.15, 0.2) is 23.1 Å². The van der Waals surface area contributed by atoms with Crippen molar-refractivity contribution in [3.05, 3.63) is 34.5 Å². The number of piperidine rings is 1. The lowest BCUT2D eigenvalue weighted by Gasteiger charge is -2.37. The number of nitrogens with zero attached hydrogens (tertiary/aromatic N) is 4. The molecule has 0 radical (unpaired) electrons. The highest BCUT2D eigenvalue weighted by Crippen LogP contribution is 2.31. The van der Waals surface area contributed by atoms with Gasteiger partial charge in [0, 0.05) is 32.1 Å². The van der Waals surface area contributed by atoms with Crippen LogP contribution in [-0.4, -0.2) is 57.1 Å². The van der Waals surface area contributed by atoms with Gasteiger partial charge in [-0.25, -0.2) is 4.68 Å². The molecule has 0 aliphatic carbocycles. The highest BCUT2D eigenvalue weighted by atomic mass is 16.7. The van der Waals surface area contributed by atoms with E-state index in [-0.39, 0.29) is 18.0 Å². The maximum absolute atomic E-state index is 12.5. The fraction of sp³-hybridized carbons (Fsp3) is 0.562. The van der Waals surface area contributed by atoms with Gasteiger partial charge in [0.1, 0.15) is 17.9 Å². The first kappa shape index (κ1) is 15.3. The van der Waals surface area contributed by atoms with Crippen LogP contribution in [-0.2, 0) is 20.8 Å². The standard InChI is InChI=1S/C16H20N4O4/c1-12-17-20(15(22)13-3-2-6-19(12)13)11-14(21)18-7-4-16(5-8-18)23-9-10-24-16/h2-3,6H,4-5,7-11H2,1H3. The van der Waals surface area contributed by atoms with Crippen molar-refractivity contribution in [1.82, 2.24) is 19.1 Å². The summed E-state index contributed by atoms with van der Waals surface area (Å²) in [6.07, 6.45) is 3.12. The molecule has 1 spiro atoms. The molecule has 0 aromatic carbocycles. The Morgan fingerprint density at radius 1 is 1.29 bits per heavy atom. The number of hydrogen-bond donors (Lipinski definition) is 0. The van der Waals surface area contributed by atoms with Crippen LogP contribution in [0.5, 0.6) is 0 Å². The number of likely N-dealkylation sites (tertiary alicyclic amines) is 1. The molecule has 4 heterocycles. The van der Waals surface area contributed by atoms with Crippen molar-refractivity contribution in [2.24, 2.45) is 0 Å². The minimum atomic E-state index is -0.507. The molecule has 4 rings (SSSR count). The highest BCUT2D eigenvalue weighted by molar-refractivity contribution is 5.76. The van der Waals surface area contributed by atoms with E-state index in [1.54, 1.807) is 27.6 Å². The predicted octanol–water partition coefficient (Wildman–Crippen LogP) is 0.170. The molecule has 8 nitrogen and oxygen atoms in total. The van der Waals surface area contributed by atoms with Crippen LogP contribution in [0.25, 0.3) is 5.52 Å². The number of hydrogen-bond acceptors (Lipinski definition) is 5.